The van der Waals surface area contributed by atoms with Crippen molar-refractivity contribution in [2.75, 3.05) is 7.11 Å². The number of benzene rings is 1. The molecule has 1 fully saturated rings. The van der Waals surface area contributed by atoms with Gasteiger partial charge in [0.15, 0.2) is 0 Å². The number of rotatable bonds is 3. The zero-order valence-electron chi connectivity index (χ0n) is 11.6. The summed E-state index contributed by atoms with van der Waals surface area (Å²) in [7, 11) is 1.67. The van der Waals surface area contributed by atoms with Crippen LogP contribution in [0.4, 0.5) is 0 Å². The zero-order chi connectivity index (χ0) is 13.9. The van der Waals surface area contributed by atoms with E-state index in [-0.39, 0.29) is 0 Å². The smallest absolute Gasteiger partial charge is 0.139 e. The fraction of sp³-hybridized carbons (Fsp3) is 0.375. The maximum Gasteiger partial charge on any atom is 0.139 e. The Morgan fingerprint density at radius 2 is 1.90 bits per heavy atom. The second kappa shape index (κ2) is 5.75. The van der Waals surface area contributed by atoms with Gasteiger partial charge in [0.1, 0.15) is 16.2 Å². The number of ether oxygens (including phenoxy) is 1. The molecule has 104 valence electrons. The standard InChI is InChI=1S/C16H18N2OS/c1-19-13-8-6-12(7-9-13)16-17-14(10-15(20)18-16)11-4-2-3-5-11/h6-11H,2-5H2,1H3,(H,17,18,20). The summed E-state index contributed by atoms with van der Waals surface area (Å²) in [6.45, 7) is 0. The number of aromatic amines is 1. The lowest BCUT2D eigenvalue weighted by Crippen LogP contribution is -2.00. The largest absolute Gasteiger partial charge is 0.497 e. The van der Waals surface area contributed by atoms with E-state index < -0.39 is 0 Å². The summed E-state index contributed by atoms with van der Waals surface area (Å²) in [6.07, 6.45) is 5.12. The van der Waals surface area contributed by atoms with Gasteiger partial charge in [-0.1, -0.05) is 25.1 Å². The number of nitrogens with zero attached hydrogens (tertiary/aromatic N) is 1. The van der Waals surface area contributed by atoms with E-state index in [1.54, 1.807) is 7.11 Å². The van der Waals surface area contributed by atoms with Crippen molar-refractivity contribution in [3.05, 3.63) is 40.7 Å². The quantitative estimate of drug-likeness (QED) is 0.846. The molecule has 0 amide bonds. The molecule has 0 aliphatic heterocycles. The van der Waals surface area contributed by atoms with Crippen LogP contribution in [0.15, 0.2) is 30.3 Å². The highest BCUT2D eigenvalue weighted by Crippen LogP contribution is 2.33. The Bertz CT molecular complexity index is 642. The van der Waals surface area contributed by atoms with E-state index in [1.165, 1.54) is 31.4 Å². The summed E-state index contributed by atoms with van der Waals surface area (Å²) in [5, 5.41) is 0. The molecule has 20 heavy (non-hydrogen) atoms. The molecule has 0 unspecified atom stereocenters. The van der Waals surface area contributed by atoms with E-state index in [4.69, 9.17) is 17.0 Å². The van der Waals surface area contributed by atoms with E-state index in [0.717, 1.165) is 17.1 Å². The lowest BCUT2D eigenvalue weighted by atomic mass is 10.0. The normalized spacial score (nSPS) is 15.4. The first kappa shape index (κ1) is 13.3. The molecule has 1 aliphatic carbocycles. The summed E-state index contributed by atoms with van der Waals surface area (Å²) < 4.78 is 5.85. The maximum atomic E-state index is 5.32. The van der Waals surface area contributed by atoms with Gasteiger partial charge in [0.05, 0.1) is 7.11 Å². The molecule has 1 heterocycles. The predicted molar refractivity (Wildman–Crippen MR) is 82.6 cm³/mol. The molecule has 2 aromatic rings. The van der Waals surface area contributed by atoms with Crippen LogP contribution >= 0.6 is 12.2 Å². The summed E-state index contributed by atoms with van der Waals surface area (Å²) in [6, 6.07) is 9.90. The van der Waals surface area contributed by atoms with Gasteiger partial charge >= 0.3 is 0 Å². The SMILES string of the molecule is COc1ccc(-c2nc(=S)cc(C3CCCC3)[nH]2)cc1. The van der Waals surface area contributed by atoms with Gasteiger partial charge in [0.25, 0.3) is 0 Å². The number of H-pyrrole nitrogens is 1. The Hall–Kier alpha value is -1.68. The highest BCUT2D eigenvalue weighted by molar-refractivity contribution is 7.71. The van der Waals surface area contributed by atoms with Gasteiger partial charge in [-0.25, -0.2) is 4.98 Å². The van der Waals surface area contributed by atoms with Crippen molar-refractivity contribution in [3.8, 4) is 17.1 Å². The molecule has 0 atom stereocenters. The van der Waals surface area contributed by atoms with E-state index in [9.17, 15) is 0 Å². The van der Waals surface area contributed by atoms with Gasteiger partial charge in [-0.2, -0.15) is 0 Å². The minimum atomic E-state index is 0.608. The Morgan fingerprint density at radius 3 is 2.55 bits per heavy atom. The molecule has 1 aliphatic rings. The maximum absolute atomic E-state index is 5.32. The van der Waals surface area contributed by atoms with Crippen molar-refractivity contribution in [2.45, 2.75) is 31.6 Å². The number of hydrogen-bond acceptors (Lipinski definition) is 3. The Morgan fingerprint density at radius 1 is 1.20 bits per heavy atom. The van der Waals surface area contributed by atoms with E-state index in [1.807, 2.05) is 30.3 Å². The molecule has 0 spiro atoms. The molecule has 1 aromatic carbocycles. The van der Waals surface area contributed by atoms with Crippen molar-refractivity contribution < 1.29 is 4.74 Å². The second-order valence-corrected chi connectivity index (χ2v) is 5.65. The monoisotopic (exact) mass is 286 g/mol. The van der Waals surface area contributed by atoms with Crippen LogP contribution in [0, 0.1) is 4.64 Å². The van der Waals surface area contributed by atoms with Crippen LogP contribution in [0.1, 0.15) is 37.3 Å². The van der Waals surface area contributed by atoms with Crippen LogP contribution in [-0.4, -0.2) is 17.1 Å². The first-order chi connectivity index (χ1) is 9.76. The van der Waals surface area contributed by atoms with Gasteiger partial charge in [-0.3, -0.25) is 0 Å². The van der Waals surface area contributed by atoms with Crippen LogP contribution in [0.2, 0.25) is 0 Å². The lowest BCUT2D eigenvalue weighted by molar-refractivity contribution is 0.415. The van der Waals surface area contributed by atoms with Crippen molar-refractivity contribution in [3.63, 3.8) is 0 Å². The molecule has 1 N–H and O–H groups in total. The van der Waals surface area contributed by atoms with Crippen LogP contribution in [0.25, 0.3) is 11.4 Å². The minimum Gasteiger partial charge on any atom is -0.497 e. The zero-order valence-corrected chi connectivity index (χ0v) is 12.4. The van der Waals surface area contributed by atoms with Crippen LogP contribution in [0.3, 0.4) is 0 Å². The summed E-state index contributed by atoms with van der Waals surface area (Å²) >= 11 is 5.32. The van der Waals surface area contributed by atoms with E-state index >= 15 is 0 Å². The fourth-order valence-electron chi connectivity index (χ4n) is 2.82. The highest BCUT2D eigenvalue weighted by Gasteiger charge is 2.18. The van der Waals surface area contributed by atoms with Crippen LogP contribution in [-0.2, 0) is 0 Å². The van der Waals surface area contributed by atoms with E-state index in [0.29, 0.717) is 10.6 Å². The molecular formula is C16H18N2OS. The third-order valence-corrected chi connectivity index (χ3v) is 4.13. The first-order valence-electron chi connectivity index (χ1n) is 7.02. The Kier molecular flexibility index (Phi) is 3.83. The molecule has 4 heteroatoms. The molecule has 1 saturated carbocycles. The molecule has 1 aromatic heterocycles. The molecule has 3 nitrogen and oxygen atoms in total. The van der Waals surface area contributed by atoms with Crippen molar-refractivity contribution in [2.24, 2.45) is 0 Å². The van der Waals surface area contributed by atoms with Gasteiger partial charge in [0, 0.05) is 11.3 Å². The number of hydrogen-bond donors (Lipinski definition) is 1. The third kappa shape index (κ3) is 2.75. The summed E-state index contributed by atoms with van der Waals surface area (Å²) in [4.78, 5) is 7.91. The highest BCUT2D eigenvalue weighted by atomic mass is 32.1. The van der Waals surface area contributed by atoms with Crippen molar-refractivity contribution in [1.82, 2.24) is 9.97 Å². The topological polar surface area (TPSA) is 37.9 Å². The van der Waals surface area contributed by atoms with Gasteiger partial charge in [-0.15, -0.1) is 0 Å². The van der Waals surface area contributed by atoms with Crippen molar-refractivity contribution >= 4 is 12.2 Å². The van der Waals surface area contributed by atoms with E-state index in [2.05, 4.69) is 9.97 Å². The van der Waals surface area contributed by atoms with Crippen molar-refractivity contribution in [1.29, 1.82) is 0 Å². The number of methoxy groups -OCH3 is 1. The lowest BCUT2D eigenvalue weighted by Gasteiger charge is -2.11. The number of aromatic nitrogens is 2. The minimum absolute atomic E-state index is 0.608. The average molecular weight is 286 g/mol. The Balaban J connectivity index is 1.97. The molecule has 0 bridgehead atoms. The van der Waals surface area contributed by atoms with Gasteiger partial charge < -0.3 is 9.72 Å². The molecular weight excluding hydrogens is 268 g/mol. The summed E-state index contributed by atoms with van der Waals surface area (Å²) in [5.41, 5.74) is 2.27. The predicted octanol–water partition coefficient (Wildman–Crippen LogP) is 4.47. The van der Waals surface area contributed by atoms with Gasteiger partial charge in [0.2, 0.25) is 0 Å². The first-order valence-corrected chi connectivity index (χ1v) is 7.43. The summed E-state index contributed by atoms with van der Waals surface area (Å²) in [5.74, 6) is 2.30. The fourth-order valence-corrected chi connectivity index (χ4v) is 3.04. The Labute approximate surface area is 124 Å². The van der Waals surface area contributed by atoms with Gasteiger partial charge in [-0.05, 0) is 49.1 Å². The third-order valence-electron chi connectivity index (χ3n) is 3.92. The van der Waals surface area contributed by atoms with Crippen LogP contribution in [0.5, 0.6) is 5.75 Å². The molecule has 0 radical (unpaired) electrons. The molecule has 3 rings (SSSR count). The van der Waals surface area contributed by atoms with Crippen LogP contribution < -0.4 is 4.74 Å². The molecule has 0 saturated heterocycles. The number of nitrogens with one attached hydrogen (secondary N) is 1. The second-order valence-electron chi connectivity index (χ2n) is 5.23. The average Bonchev–Trinajstić information content (AvgIpc) is 3.01.